The number of carbonyl (C=O) groups is 2. The van der Waals surface area contributed by atoms with E-state index in [4.69, 9.17) is 14.6 Å². The highest BCUT2D eigenvalue weighted by molar-refractivity contribution is 5.97. The molecule has 1 aliphatic rings. The Balaban J connectivity index is 1.69. The highest BCUT2D eigenvalue weighted by Crippen LogP contribution is 2.12. The SMILES string of the molecule is Cc1cc(C(=O)O)cc(C(=O)NCCCOCC2CCCO2)c1. The number of nitrogens with one attached hydrogen (secondary N) is 1. The van der Waals surface area contributed by atoms with Crippen LogP contribution in [0, 0.1) is 6.92 Å². The summed E-state index contributed by atoms with van der Waals surface area (Å²) < 4.78 is 11.0. The van der Waals surface area contributed by atoms with E-state index >= 15 is 0 Å². The Morgan fingerprint density at radius 2 is 2.13 bits per heavy atom. The molecule has 1 fully saturated rings. The van der Waals surface area contributed by atoms with Crippen LogP contribution in [0.4, 0.5) is 0 Å². The Bertz CT molecular complexity index is 552. The van der Waals surface area contributed by atoms with Crippen LogP contribution in [0.2, 0.25) is 0 Å². The van der Waals surface area contributed by atoms with Crippen LogP contribution >= 0.6 is 0 Å². The van der Waals surface area contributed by atoms with Gasteiger partial charge in [0.25, 0.3) is 5.91 Å². The number of ether oxygens (including phenoxy) is 2. The van der Waals surface area contributed by atoms with Gasteiger partial charge in [-0.3, -0.25) is 4.79 Å². The van der Waals surface area contributed by atoms with Crippen molar-refractivity contribution in [3.63, 3.8) is 0 Å². The number of amides is 1. The molecule has 0 aliphatic carbocycles. The third kappa shape index (κ3) is 5.65. The molecule has 0 saturated carbocycles. The maximum Gasteiger partial charge on any atom is 0.335 e. The van der Waals surface area contributed by atoms with Gasteiger partial charge in [-0.05, 0) is 49.9 Å². The predicted octanol–water partition coefficient (Wildman–Crippen LogP) is 2.01. The molecule has 0 aromatic heterocycles. The normalized spacial score (nSPS) is 17.2. The average Bonchev–Trinajstić information content (AvgIpc) is 3.03. The molecule has 1 atom stereocenters. The lowest BCUT2D eigenvalue weighted by Crippen LogP contribution is -2.26. The molecule has 1 heterocycles. The van der Waals surface area contributed by atoms with Gasteiger partial charge in [0.1, 0.15) is 0 Å². The highest BCUT2D eigenvalue weighted by Gasteiger charge is 2.15. The van der Waals surface area contributed by atoms with Crippen molar-refractivity contribution in [2.45, 2.75) is 32.3 Å². The van der Waals surface area contributed by atoms with E-state index in [1.54, 1.807) is 13.0 Å². The van der Waals surface area contributed by atoms with Crippen LogP contribution in [0.15, 0.2) is 18.2 Å². The lowest BCUT2D eigenvalue weighted by molar-refractivity contribution is 0.0166. The molecule has 6 heteroatoms. The third-order valence-electron chi connectivity index (χ3n) is 3.67. The molecule has 23 heavy (non-hydrogen) atoms. The summed E-state index contributed by atoms with van der Waals surface area (Å²) in [5.74, 6) is -1.30. The number of rotatable bonds is 8. The van der Waals surface area contributed by atoms with E-state index in [0.717, 1.165) is 25.0 Å². The summed E-state index contributed by atoms with van der Waals surface area (Å²) in [5, 5.41) is 11.8. The quantitative estimate of drug-likeness (QED) is 0.716. The molecule has 1 aromatic rings. The van der Waals surface area contributed by atoms with Crippen molar-refractivity contribution in [2.24, 2.45) is 0 Å². The fraction of sp³-hybridized carbons (Fsp3) is 0.529. The lowest BCUT2D eigenvalue weighted by atomic mass is 10.1. The van der Waals surface area contributed by atoms with Crippen molar-refractivity contribution in [3.8, 4) is 0 Å². The summed E-state index contributed by atoms with van der Waals surface area (Å²) in [7, 11) is 0. The minimum absolute atomic E-state index is 0.120. The van der Waals surface area contributed by atoms with Crippen molar-refractivity contribution < 1.29 is 24.2 Å². The van der Waals surface area contributed by atoms with Crippen molar-refractivity contribution in [1.82, 2.24) is 5.32 Å². The Morgan fingerprint density at radius 3 is 2.83 bits per heavy atom. The fourth-order valence-corrected chi connectivity index (χ4v) is 2.51. The Labute approximate surface area is 135 Å². The van der Waals surface area contributed by atoms with Gasteiger partial charge in [0, 0.05) is 25.3 Å². The van der Waals surface area contributed by atoms with Gasteiger partial charge >= 0.3 is 5.97 Å². The minimum Gasteiger partial charge on any atom is -0.478 e. The van der Waals surface area contributed by atoms with Gasteiger partial charge < -0.3 is 19.9 Å². The zero-order valence-electron chi connectivity index (χ0n) is 13.3. The maximum absolute atomic E-state index is 12.0. The Kier molecular flexibility index (Phi) is 6.55. The number of aryl methyl sites for hydroxylation is 1. The number of carboxylic acid groups (broad SMARTS) is 1. The van der Waals surface area contributed by atoms with Crippen LogP contribution < -0.4 is 5.32 Å². The molecule has 6 nitrogen and oxygen atoms in total. The van der Waals surface area contributed by atoms with E-state index in [0.29, 0.717) is 31.7 Å². The number of aromatic carboxylic acids is 1. The van der Waals surface area contributed by atoms with Crippen LogP contribution in [-0.4, -0.2) is 49.5 Å². The summed E-state index contributed by atoms with van der Waals surface area (Å²) in [6.45, 7) is 4.24. The van der Waals surface area contributed by atoms with Gasteiger partial charge in [0.05, 0.1) is 18.3 Å². The maximum atomic E-state index is 12.0. The molecule has 1 aromatic carbocycles. The van der Waals surface area contributed by atoms with E-state index in [1.165, 1.54) is 12.1 Å². The van der Waals surface area contributed by atoms with Crippen molar-refractivity contribution in [2.75, 3.05) is 26.4 Å². The molecule has 1 saturated heterocycles. The van der Waals surface area contributed by atoms with Crippen LogP contribution in [0.3, 0.4) is 0 Å². The molecule has 2 N–H and O–H groups in total. The van der Waals surface area contributed by atoms with Gasteiger partial charge in [-0.1, -0.05) is 0 Å². The number of carboxylic acids is 1. The van der Waals surface area contributed by atoms with Gasteiger partial charge in [-0.2, -0.15) is 0 Å². The van der Waals surface area contributed by atoms with Crippen LogP contribution in [-0.2, 0) is 9.47 Å². The summed E-state index contributed by atoms with van der Waals surface area (Å²) in [6.07, 6.45) is 3.07. The first-order valence-corrected chi connectivity index (χ1v) is 7.89. The van der Waals surface area contributed by atoms with Crippen molar-refractivity contribution in [1.29, 1.82) is 0 Å². The molecule has 2 rings (SSSR count). The number of benzene rings is 1. The molecule has 1 unspecified atom stereocenters. The zero-order valence-corrected chi connectivity index (χ0v) is 13.3. The van der Waals surface area contributed by atoms with Gasteiger partial charge in [-0.25, -0.2) is 4.79 Å². The van der Waals surface area contributed by atoms with Gasteiger partial charge in [0.2, 0.25) is 0 Å². The second-order valence-electron chi connectivity index (χ2n) is 5.71. The van der Waals surface area contributed by atoms with Crippen LogP contribution in [0.5, 0.6) is 0 Å². The molecule has 0 radical (unpaired) electrons. The fourth-order valence-electron chi connectivity index (χ4n) is 2.51. The number of hydrogen-bond acceptors (Lipinski definition) is 4. The van der Waals surface area contributed by atoms with E-state index in [2.05, 4.69) is 5.32 Å². The van der Waals surface area contributed by atoms with Crippen molar-refractivity contribution >= 4 is 11.9 Å². The molecule has 1 amide bonds. The molecule has 1 aliphatic heterocycles. The largest absolute Gasteiger partial charge is 0.478 e. The van der Waals surface area contributed by atoms with Crippen LogP contribution in [0.25, 0.3) is 0 Å². The first-order chi connectivity index (χ1) is 11.1. The molecular weight excluding hydrogens is 298 g/mol. The first-order valence-electron chi connectivity index (χ1n) is 7.89. The Hall–Kier alpha value is -1.92. The van der Waals surface area contributed by atoms with Crippen molar-refractivity contribution in [3.05, 3.63) is 34.9 Å². The molecule has 0 bridgehead atoms. The third-order valence-corrected chi connectivity index (χ3v) is 3.67. The molecule has 0 spiro atoms. The van der Waals surface area contributed by atoms with Crippen LogP contribution in [0.1, 0.15) is 45.5 Å². The highest BCUT2D eigenvalue weighted by atomic mass is 16.5. The molecular formula is C17H23NO5. The standard InChI is InChI=1S/C17H23NO5/c1-12-8-13(10-14(9-12)17(20)21)16(19)18-5-3-6-22-11-15-4-2-7-23-15/h8-10,15H,2-7,11H2,1H3,(H,18,19)(H,20,21). The average molecular weight is 321 g/mol. The zero-order chi connectivity index (χ0) is 16.7. The summed E-state index contributed by atoms with van der Waals surface area (Å²) in [6, 6.07) is 4.60. The predicted molar refractivity (Wildman–Crippen MR) is 84.9 cm³/mol. The summed E-state index contributed by atoms with van der Waals surface area (Å²) in [4.78, 5) is 23.1. The first kappa shape index (κ1) is 17.4. The summed E-state index contributed by atoms with van der Waals surface area (Å²) >= 11 is 0. The number of hydrogen-bond donors (Lipinski definition) is 2. The number of carbonyl (C=O) groups excluding carboxylic acids is 1. The van der Waals surface area contributed by atoms with E-state index in [9.17, 15) is 9.59 Å². The Morgan fingerprint density at radius 1 is 1.35 bits per heavy atom. The topological polar surface area (TPSA) is 84.9 Å². The monoisotopic (exact) mass is 321 g/mol. The lowest BCUT2D eigenvalue weighted by Gasteiger charge is -2.10. The second kappa shape index (κ2) is 8.64. The molecule has 126 valence electrons. The van der Waals surface area contributed by atoms with E-state index < -0.39 is 5.97 Å². The smallest absolute Gasteiger partial charge is 0.335 e. The van der Waals surface area contributed by atoms with E-state index in [1.807, 2.05) is 0 Å². The van der Waals surface area contributed by atoms with Gasteiger partial charge in [-0.15, -0.1) is 0 Å². The summed E-state index contributed by atoms with van der Waals surface area (Å²) in [5.41, 5.74) is 1.23. The second-order valence-corrected chi connectivity index (χ2v) is 5.71. The minimum atomic E-state index is -1.04. The van der Waals surface area contributed by atoms with E-state index in [-0.39, 0.29) is 17.6 Å². The van der Waals surface area contributed by atoms with Gasteiger partial charge in [0.15, 0.2) is 0 Å².